The SMILES string of the molecule is CCCCCCCCCCCCCC/C=C/[C@@H](O)[C@H](CO)NC(=O)CCCCCCCCCCCCCCCCCCCCCCCCCCCCCCCCCC. The minimum Gasteiger partial charge on any atom is -0.394 e. The van der Waals surface area contributed by atoms with Crippen LogP contribution in [0.1, 0.15) is 309 Å². The van der Waals surface area contributed by atoms with Crippen LogP contribution in [0.3, 0.4) is 0 Å². The van der Waals surface area contributed by atoms with Crippen LogP contribution in [-0.2, 0) is 4.79 Å². The molecule has 0 heterocycles. The number of amides is 1. The number of aliphatic hydroxyl groups is 2. The van der Waals surface area contributed by atoms with Crippen molar-refractivity contribution in [3.05, 3.63) is 12.2 Å². The van der Waals surface area contributed by atoms with Crippen molar-refractivity contribution in [2.45, 2.75) is 321 Å². The van der Waals surface area contributed by atoms with Crippen LogP contribution in [0, 0.1) is 0 Å². The molecule has 0 bridgehead atoms. The van der Waals surface area contributed by atoms with Crippen LogP contribution in [0.2, 0.25) is 0 Å². The average Bonchev–Trinajstić information content (AvgIpc) is 3.23. The molecule has 0 aromatic heterocycles. The predicted molar refractivity (Wildman–Crippen MR) is 258 cm³/mol. The number of aliphatic hydroxyl groups excluding tert-OH is 2. The summed E-state index contributed by atoms with van der Waals surface area (Å²) < 4.78 is 0. The molecule has 4 heteroatoms. The van der Waals surface area contributed by atoms with Crippen LogP contribution in [0.4, 0.5) is 0 Å². The van der Waals surface area contributed by atoms with Crippen LogP contribution < -0.4 is 5.32 Å². The Hall–Kier alpha value is -0.870. The molecule has 0 spiro atoms. The van der Waals surface area contributed by atoms with E-state index in [1.54, 1.807) is 6.08 Å². The Morgan fingerprint density at radius 2 is 0.638 bits per heavy atom. The third-order valence-electron chi connectivity index (χ3n) is 12.8. The van der Waals surface area contributed by atoms with E-state index in [1.165, 1.54) is 263 Å². The minimum absolute atomic E-state index is 0.0574. The monoisotopic (exact) mass is 818 g/mol. The number of hydrogen-bond acceptors (Lipinski definition) is 3. The second-order valence-corrected chi connectivity index (χ2v) is 18.7. The summed E-state index contributed by atoms with van der Waals surface area (Å²) >= 11 is 0. The highest BCUT2D eigenvalue weighted by atomic mass is 16.3. The van der Waals surface area contributed by atoms with Crippen molar-refractivity contribution in [2.75, 3.05) is 6.61 Å². The summed E-state index contributed by atoms with van der Waals surface area (Å²) in [6, 6.07) is -0.617. The number of nitrogens with one attached hydrogen (secondary N) is 1. The van der Waals surface area contributed by atoms with Gasteiger partial charge < -0.3 is 15.5 Å². The first-order chi connectivity index (χ1) is 28.7. The second-order valence-electron chi connectivity index (χ2n) is 18.7. The molecule has 3 N–H and O–H groups in total. The number of carbonyl (C=O) groups is 1. The molecule has 2 atom stereocenters. The molecule has 1 amide bonds. The van der Waals surface area contributed by atoms with Gasteiger partial charge in [-0.1, -0.05) is 296 Å². The van der Waals surface area contributed by atoms with E-state index < -0.39 is 12.1 Å². The molecule has 0 saturated heterocycles. The van der Waals surface area contributed by atoms with Gasteiger partial charge in [0.2, 0.25) is 5.91 Å². The zero-order chi connectivity index (χ0) is 42.1. The number of rotatable bonds is 50. The summed E-state index contributed by atoms with van der Waals surface area (Å²) in [4.78, 5) is 12.4. The Bertz CT molecular complexity index is 799. The van der Waals surface area contributed by atoms with Crippen molar-refractivity contribution < 1.29 is 15.0 Å². The van der Waals surface area contributed by atoms with Crippen molar-refractivity contribution in [2.24, 2.45) is 0 Å². The van der Waals surface area contributed by atoms with E-state index in [-0.39, 0.29) is 12.5 Å². The molecule has 0 aliphatic rings. The molecular formula is C54H107NO3. The Balaban J connectivity index is 3.39. The Morgan fingerprint density at radius 3 is 0.897 bits per heavy atom. The summed E-state index contributed by atoms with van der Waals surface area (Å²) in [6.45, 7) is 4.34. The van der Waals surface area contributed by atoms with E-state index in [9.17, 15) is 15.0 Å². The fraction of sp³-hybridized carbons (Fsp3) is 0.944. The van der Waals surface area contributed by atoms with E-state index in [4.69, 9.17) is 0 Å². The highest BCUT2D eigenvalue weighted by Gasteiger charge is 2.18. The van der Waals surface area contributed by atoms with Crippen LogP contribution in [0.5, 0.6) is 0 Å². The van der Waals surface area contributed by atoms with E-state index in [0.29, 0.717) is 6.42 Å². The topological polar surface area (TPSA) is 69.6 Å². The predicted octanol–water partition coefficient (Wildman–Crippen LogP) is 17.4. The molecule has 0 fully saturated rings. The van der Waals surface area contributed by atoms with Gasteiger partial charge in [-0.25, -0.2) is 0 Å². The van der Waals surface area contributed by atoms with Crippen molar-refractivity contribution in [1.82, 2.24) is 5.32 Å². The van der Waals surface area contributed by atoms with Gasteiger partial charge in [0, 0.05) is 6.42 Å². The normalized spacial score (nSPS) is 12.8. The molecule has 0 aromatic carbocycles. The third-order valence-corrected chi connectivity index (χ3v) is 12.8. The average molecular weight is 818 g/mol. The number of hydrogen-bond donors (Lipinski definition) is 3. The number of carbonyl (C=O) groups excluding carboxylic acids is 1. The molecule has 0 unspecified atom stereocenters. The molecule has 4 nitrogen and oxygen atoms in total. The van der Waals surface area contributed by atoms with Gasteiger partial charge in [-0.05, 0) is 19.3 Å². The molecular weight excluding hydrogens is 711 g/mol. The molecule has 346 valence electrons. The maximum atomic E-state index is 12.4. The molecule has 0 aromatic rings. The summed E-state index contributed by atoms with van der Waals surface area (Å²) in [5.74, 6) is -0.0574. The van der Waals surface area contributed by atoms with Gasteiger partial charge in [-0.2, -0.15) is 0 Å². The van der Waals surface area contributed by atoms with E-state index in [1.807, 2.05) is 6.08 Å². The summed E-state index contributed by atoms with van der Waals surface area (Å²) in [5.41, 5.74) is 0. The van der Waals surface area contributed by atoms with Crippen molar-refractivity contribution in [1.29, 1.82) is 0 Å². The molecule has 0 rings (SSSR count). The van der Waals surface area contributed by atoms with Crippen LogP contribution in [-0.4, -0.2) is 34.9 Å². The fourth-order valence-electron chi connectivity index (χ4n) is 8.65. The summed E-state index contributed by atoms with van der Waals surface area (Å²) in [5, 5.41) is 23.1. The van der Waals surface area contributed by atoms with Gasteiger partial charge in [0.05, 0.1) is 18.8 Å². The maximum absolute atomic E-state index is 12.4. The zero-order valence-electron chi connectivity index (χ0n) is 39.8. The van der Waals surface area contributed by atoms with Gasteiger partial charge in [0.15, 0.2) is 0 Å². The quantitative estimate of drug-likeness (QED) is 0.0423. The molecule has 0 saturated carbocycles. The first-order valence-electron chi connectivity index (χ1n) is 26.9. The third kappa shape index (κ3) is 46.2. The first kappa shape index (κ1) is 57.1. The Morgan fingerprint density at radius 1 is 0.397 bits per heavy atom. The maximum Gasteiger partial charge on any atom is 0.220 e. The van der Waals surface area contributed by atoms with Gasteiger partial charge in [-0.15, -0.1) is 0 Å². The zero-order valence-corrected chi connectivity index (χ0v) is 39.8. The summed E-state index contributed by atoms with van der Waals surface area (Å²) in [7, 11) is 0. The molecule has 58 heavy (non-hydrogen) atoms. The van der Waals surface area contributed by atoms with Gasteiger partial charge in [0.1, 0.15) is 0 Å². The number of unbranched alkanes of at least 4 members (excludes halogenated alkanes) is 43. The van der Waals surface area contributed by atoms with Gasteiger partial charge >= 0.3 is 0 Å². The Kier molecular flexibility index (Phi) is 49.7. The van der Waals surface area contributed by atoms with Gasteiger partial charge in [-0.3, -0.25) is 4.79 Å². The minimum atomic E-state index is -0.834. The standard InChI is InChI=1S/C54H107NO3/c1-3-5-7-9-11-13-15-17-19-20-21-22-23-24-25-26-27-28-29-30-31-32-33-34-35-36-38-40-42-44-46-48-50-54(58)55-52(51-56)53(57)49-47-45-43-41-39-37-18-16-14-12-10-8-6-4-2/h47,49,52-53,56-57H,3-46,48,50-51H2,1-2H3,(H,55,58)/b49-47+/t52-,53+/m0/s1. The Labute approximate surface area is 365 Å². The molecule has 0 radical (unpaired) electrons. The molecule has 0 aliphatic heterocycles. The van der Waals surface area contributed by atoms with Crippen LogP contribution in [0.25, 0.3) is 0 Å². The first-order valence-corrected chi connectivity index (χ1v) is 26.9. The lowest BCUT2D eigenvalue weighted by Gasteiger charge is -2.20. The lowest BCUT2D eigenvalue weighted by molar-refractivity contribution is -0.123. The summed E-state index contributed by atoms with van der Waals surface area (Å²) in [6.07, 6.45) is 65.2. The van der Waals surface area contributed by atoms with Crippen LogP contribution in [0.15, 0.2) is 12.2 Å². The van der Waals surface area contributed by atoms with E-state index in [0.717, 1.165) is 25.7 Å². The smallest absolute Gasteiger partial charge is 0.220 e. The molecule has 0 aliphatic carbocycles. The largest absolute Gasteiger partial charge is 0.394 e. The fourth-order valence-corrected chi connectivity index (χ4v) is 8.65. The van der Waals surface area contributed by atoms with Gasteiger partial charge in [0.25, 0.3) is 0 Å². The number of allylic oxidation sites excluding steroid dienone is 1. The second kappa shape index (κ2) is 50.5. The lowest BCUT2D eigenvalue weighted by atomic mass is 10.0. The highest BCUT2D eigenvalue weighted by molar-refractivity contribution is 5.76. The van der Waals surface area contributed by atoms with E-state index >= 15 is 0 Å². The van der Waals surface area contributed by atoms with Crippen LogP contribution >= 0.6 is 0 Å². The highest BCUT2D eigenvalue weighted by Crippen LogP contribution is 2.18. The van der Waals surface area contributed by atoms with Crippen molar-refractivity contribution >= 4 is 5.91 Å². The van der Waals surface area contributed by atoms with Crippen molar-refractivity contribution in [3.63, 3.8) is 0 Å². The lowest BCUT2D eigenvalue weighted by Crippen LogP contribution is -2.45. The van der Waals surface area contributed by atoms with Crippen molar-refractivity contribution in [3.8, 4) is 0 Å². The van der Waals surface area contributed by atoms with E-state index in [2.05, 4.69) is 19.2 Å².